The highest BCUT2D eigenvalue weighted by Crippen LogP contribution is 2.43. The first-order chi connectivity index (χ1) is 8.02. The van der Waals surface area contributed by atoms with E-state index in [0.717, 1.165) is 0 Å². The Labute approximate surface area is 107 Å². The molecule has 1 aromatic rings. The normalized spacial score (nSPS) is 16.3. The van der Waals surface area contributed by atoms with E-state index in [4.69, 9.17) is 20.0 Å². The molecular formula is C11H20N2O4P+. The van der Waals surface area contributed by atoms with Gasteiger partial charge in [0, 0.05) is 5.56 Å². The van der Waals surface area contributed by atoms with Gasteiger partial charge < -0.3 is 14.3 Å². The predicted octanol–water partition coefficient (Wildman–Crippen LogP) is 0.614. The molecule has 0 aliphatic rings. The molecule has 0 aromatic heterocycles. The van der Waals surface area contributed by atoms with E-state index in [1.807, 2.05) is 21.1 Å². The first kappa shape index (κ1) is 15.3. The average molecular weight is 275 g/mol. The number of rotatable bonds is 5. The molecular weight excluding hydrogens is 255 g/mol. The minimum Gasteiger partial charge on any atom is -0.327 e. The van der Waals surface area contributed by atoms with Crippen LogP contribution in [0.3, 0.4) is 0 Å². The van der Waals surface area contributed by atoms with Crippen molar-refractivity contribution in [2.45, 2.75) is 5.72 Å². The van der Waals surface area contributed by atoms with Crippen molar-refractivity contribution in [3.05, 3.63) is 35.9 Å². The van der Waals surface area contributed by atoms with Crippen molar-refractivity contribution in [2.24, 2.45) is 5.73 Å². The van der Waals surface area contributed by atoms with Gasteiger partial charge in [-0.05, 0) is 0 Å². The van der Waals surface area contributed by atoms with Crippen molar-refractivity contribution in [2.75, 3.05) is 27.7 Å². The number of benzene rings is 1. The summed E-state index contributed by atoms with van der Waals surface area (Å²) >= 11 is 0. The van der Waals surface area contributed by atoms with Crippen molar-refractivity contribution < 1.29 is 23.4 Å². The van der Waals surface area contributed by atoms with E-state index < -0.39 is 13.5 Å². The molecule has 102 valence electrons. The SMILES string of the molecule is C[N+](C)(C)CC(N)(OP(=O)(O)O)c1ccccc1. The van der Waals surface area contributed by atoms with Crippen molar-refractivity contribution >= 4 is 7.82 Å². The first-order valence-corrected chi connectivity index (χ1v) is 6.96. The lowest BCUT2D eigenvalue weighted by atomic mass is 10.0. The summed E-state index contributed by atoms with van der Waals surface area (Å²) in [6, 6.07) is 8.66. The molecule has 0 heterocycles. The molecule has 0 saturated heterocycles. The molecule has 0 fully saturated rings. The number of nitrogens with two attached hydrogens (primary N) is 1. The number of phosphoric ester groups is 1. The fourth-order valence-electron chi connectivity index (χ4n) is 1.81. The van der Waals surface area contributed by atoms with Crippen LogP contribution in [-0.2, 0) is 14.8 Å². The zero-order valence-corrected chi connectivity index (χ0v) is 11.7. The van der Waals surface area contributed by atoms with Gasteiger partial charge in [0.25, 0.3) is 0 Å². The lowest BCUT2D eigenvalue weighted by Gasteiger charge is -2.36. The lowest BCUT2D eigenvalue weighted by molar-refractivity contribution is -0.877. The third-order valence-electron chi connectivity index (χ3n) is 2.25. The fraction of sp³-hybridized carbons (Fsp3) is 0.455. The largest absolute Gasteiger partial charge is 0.471 e. The van der Waals surface area contributed by atoms with E-state index in [0.29, 0.717) is 10.0 Å². The highest BCUT2D eigenvalue weighted by atomic mass is 31.2. The Bertz CT molecular complexity index is 440. The second-order valence-electron chi connectivity index (χ2n) is 5.29. The summed E-state index contributed by atoms with van der Waals surface area (Å²) in [7, 11) is 0.932. The van der Waals surface area contributed by atoms with Gasteiger partial charge in [0.1, 0.15) is 6.54 Å². The summed E-state index contributed by atoms with van der Waals surface area (Å²) in [5, 5.41) is 0. The van der Waals surface area contributed by atoms with Gasteiger partial charge in [-0.25, -0.2) is 4.57 Å². The monoisotopic (exact) mass is 275 g/mol. The van der Waals surface area contributed by atoms with Gasteiger partial charge in [0.15, 0.2) is 0 Å². The first-order valence-electron chi connectivity index (χ1n) is 5.43. The molecule has 0 radical (unpaired) electrons. The molecule has 0 spiro atoms. The highest BCUT2D eigenvalue weighted by molar-refractivity contribution is 7.46. The van der Waals surface area contributed by atoms with Crippen LogP contribution in [0.1, 0.15) is 5.56 Å². The maximum absolute atomic E-state index is 11.1. The van der Waals surface area contributed by atoms with E-state index in [1.165, 1.54) is 0 Å². The van der Waals surface area contributed by atoms with Crippen molar-refractivity contribution in [3.8, 4) is 0 Å². The Balaban J connectivity index is 3.13. The van der Waals surface area contributed by atoms with Crippen LogP contribution in [0, 0.1) is 0 Å². The molecule has 1 aromatic carbocycles. The molecule has 0 aliphatic heterocycles. The van der Waals surface area contributed by atoms with Crippen molar-refractivity contribution in [3.63, 3.8) is 0 Å². The Hall–Kier alpha value is -0.750. The van der Waals surface area contributed by atoms with Gasteiger partial charge in [-0.1, -0.05) is 30.3 Å². The lowest BCUT2D eigenvalue weighted by Crippen LogP contribution is -2.53. The van der Waals surface area contributed by atoms with Gasteiger partial charge in [0.2, 0.25) is 5.72 Å². The summed E-state index contributed by atoms with van der Waals surface area (Å²) in [6.45, 7) is 0.224. The Morgan fingerprint density at radius 1 is 1.28 bits per heavy atom. The topological polar surface area (TPSA) is 92.8 Å². The molecule has 7 heteroatoms. The minimum absolute atomic E-state index is 0.224. The zero-order valence-electron chi connectivity index (χ0n) is 10.8. The van der Waals surface area contributed by atoms with E-state index in [2.05, 4.69) is 0 Å². The number of nitrogens with zero attached hydrogens (tertiary/aromatic N) is 1. The van der Waals surface area contributed by atoms with Gasteiger partial charge in [0.05, 0.1) is 21.1 Å². The summed E-state index contributed by atoms with van der Waals surface area (Å²) in [4.78, 5) is 18.0. The van der Waals surface area contributed by atoms with Gasteiger partial charge >= 0.3 is 7.82 Å². The minimum atomic E-state index is -4.67. The molecule has 6 nitrogen and oxygen atoms in total. The smallest absolute Gasteiger partial charge is 0.327 e. The maximum atomic E-state index is 11.1. The Morgan fingerprint density at radius 3 is 2.17 bits per heavy atom. The molecule has 0 saturated carbocycles. The van der Waals surface area contributed by atoms with Crippen molar-refractivity contribution in [1.82, 2.24) is 0 Å². The van der Waals surface area contributed by atoms with Crippen LogP contribution in [0.4, 0.5) is 0 Å². The summed E-state index contributed by atoms with van der Waals surface area (Å²) in [5.74, 6) is 0. The van der Waals surface area contributed by atoms with Crippen LogP contribution in [-0.4, -0.2) is 42.0 Å². The van der Waals surface area contributed by atoms with Crippen molar-refractivity contribution in [1.29, 1.82) is 0 Å². The highest BCUT2D eigenvalue weighted by Gasteiger charge is 2.40. The number of quaternary nitrogens is 1. The molecule has 0 bridgehead atoms. The molecule has 4 N–H and O–H groups in total. The fourth-order valence-corrected chi connectivity index (χ4v) is 2.40. The quantitative estimate of drug-likeness (QED) is 0.416. The summed E-state index contributed by atoms with van der Waals surface area (Å²) in [5.41, 5.74) is 5.06. The third kappa shape index (κ3) is 4.86. The molecule has 1 atom stereocenters. The van der Waals surface area contributed by atoms with Crippen LogP contribution in [0.5, 0.6) is 0 Å². The molecule has 0 aliphatic carbocycles. The van der Waals surface area contributed by atoms with Crippen LogP contribution >= 0.6 is 7.82 Å². The number of hydrogen-bond donors (Lipinski definition) is 3. The van der Waals surface area contributed by atoms with Crippen LogP contribution < -0.4 is 5.73 Å². The third-order valence-corrected chi connectivity index (χ3v) is 2.82. The summed E-state index contributed by atoms with van der Waals surface area (Å²) < 4.78 is 16.3. The average Bonchev–Trinajstić information content (AvgIpc) is 2.13. The van der Waals surface area contributed by atoms with E-state index in [1.54, 1.807) is 30.3 Å². The summed E-state index contributed by atoms with van der Waals surface area (Å²) in [6.07, 6.45) is 0. The number of likely N-dealkylation sites (N-methyl/N-ethyl adjacent to an activating group) is 1. The van der Waals surface area contributed by atoms with Gasteiger partial charge in [-0.3, -0.25) is 10.3 Å². The maximum Gasteiger partial charge on any atom is 0.471 e. The second-order valence-corrected chi connectivity index (χ2v) is 6.45. The predicted molar refractivity (Wildman–Crippen MR) is 68.3 cm³/mol. The molecule has 1 rings (SSSR count). The second kappa shape index (κ2) is 5.09. The number of hydrogen-bond acceptors (Lipinski definition) is 3. The van der Waals surface area contributed by atoms with Crippen LogP contribution in [0.25, 0.3) is 0 Å². The van der Waals surface area contributed by atoms with Gasteiger partial charge in [-0.15, -0.1) is 0 Å². The van der Waals surface area contributed by atoms with Crippen LogP contribution in [0.2, 0.25) is 0 Å². The van der Waals surface area contributed by atoms with Gasteiger partial charge in [-0.2, -0.15) is 0 Å². The Kier molecular flexibility index (Phi) is 4.33. The molecule has 18 heavy (non-hydrogen) atoms. The standard InChI is InChI=1S/C11H19N2O4P/c1-13(2,3)9-11(12,17-18(14,15)16)10-7-5-4-6-8-10/h4-8H,9,12H2,1-3H3,(H-,14,15,16)/p+1. The van der Waals surface area contributed by atoms with E-state index in [9.17, 15) is 4.57 Å². The Morgan fingerprint density at radius 2 is 1.78 bits per heavy atom. The zero-order chi connectivity index (χ0) is 14.0. The van der Waals surface area contributed by atoms with E-state index >= 15 is 0 Å². The molecule has 0 amide bonds. The van der Waals surface area contributed by atoms with E-state index in [-0.39, 0.29) is 6.54 Å². The number of phosphoric acid groups is 1. The molecule has 1 unspecified atom stereocenters. The van der Waals surface area contributed by atoms with Crippen LogP contribution in [0.15, 0.2) is 30.3 Å².